The van der Waals surface area contributed by atoms with E-state index in [0.29, 0.717) is 18.9 Å². The summed E-state index contributed by atoms with van der Waals surface area (Å²) in [5.74, 6) is 1.46. The Balaban J connectivity index is 1.91. The fourth-order valence-corrected chi connectivity index (χ4v) is 2.44. The second-order valence-corrected chi connectivity index (χ2v) is 4.98. The van der Waals surface area contributed by atoms with Gasteiger partial charge in [-0.1, -0.05) is 12.1 Å². The molecule has 6 heteroatoms. The van der Waals surface area contributed by atoms with Crippen LogP contribution in [0.15, 0.2) is 30.3 Å². The Kier molecular flexibility index (Phi) is 3.43. The summed E-state index contributed by atoms with van der Waals surface area (Å²) in [5.41, 5.74) is 2.72. The molecule has 0 fully saturated rings. The molecule has 0 atom stereocenters. The average molecular weight is 283 g/mol. The van der Waals surface area contributed by atoms with E-state index in [2.05, 4.69) is 20.6 Å². The molecule has 1 aliphatic rings. The van der Waals surface area contributed by atoms with Crippen LogP contribution in [0.4, 0.5) is 17.2 Å². The minimum Gasteiger partial charge on any atom is -0.373 e. The number of para-hydroxylation sites is 2. The highest BCUT2D eigenvalue weighted by atomic mass is 16.2. The molecule has 108 valence electrons. The lowest BCUT2D eigenvalue weighted by Crippen LogP contribution is -2.38. The predicted molar refractivity (Wildman–Crippen MR) is 82.4 cm³/mol. The maximum Gasteiger partial charge on any atom is 0.243 e. The van der Waals surface area contributed by atoms with E-state index >= 15 is 0 Å². The van der Waals surface area contributed by atoms with Crippen molar-refractivity contribution in [3.05, 3.63) is 41.9 Å². The van der Waals surface area contributed by atoms with Gasteiger partial charge in [0.05, 0.1) is 24.5 Å². The summed E-state index contributed by atoms with van der Waals surface area (Å²) in [4.78, 5) is 22.7. The second kappa shape index (κ2) is 5.40. The third kappa shape index (κ3) is 2.79. The molecule has 1 amide bonds. The van der Waals surface area contributed by atoms with Crippen molar-refractivity contribution in [2.24, 2.45) is 0 Å². The van der Waals surface area contributed by atoms with Crippen molar-refractivity contribution in [3.63, 3.8) is 0 Å². The number of fused-ring (bicyclic) bond motifs is 1. The first-order valence-corrected chi connectivity index (χ1v) is 6.82. The van der Waals surface area contributed by atoms with Crippen LogP contribution >= 0.6 is 0 Å². The molecule has 0 unspecified atom stereocenters. The van der Waals surface area contributed by atoms with E-state index < -0.39 is 0 Å². The Hall–Kier alpha value is -2.63. The monoisotopic (exact) mass is 283 g/mol. The van der Waals surface area contributed by atoms with Crippen molar-refractivity contribution >= 4 is 23.1 Å². The molecule has 2 N–H and O–H groups in total. The zero-order chi connectivity index (χ0) is 14.8. The largest absolute Gasteiger partial charge is 0.373 e. The van der Waals surface area contributed by atoms with Gasteiger partial charge in [-0.25, -0.2) is 9.97 Å². The molecule has 1 aliphatic heterocycles. The van der Waals surface area contributed by atoms with E-state index in [0.717, 1.165) is 22.9 Å². The molecule has 0 radical (unpaired) electrons. The van der Waals surface area contributed by atoms with Crippen molar-refractivity contribution in [1.82, 2.24) is 9.97 Å². The predicted octanol–water partition coefficient (Wildman–Crippen LogP) is 1.79. The van der Waals surface area contributed by atoms with Crippen LogP contribution in [0.5, 0.6) is 0 Å². The standard InChI is InChI=1S/C15H17N5O/c1-10-7-13(16-2)19-14(17-10)8-20-9-15(21)18-11-5-3-4-6-12(11)20/h3-7H,8-9H2,1-2H3,(H,18,21)(H,16,17,19). The first-order chi connectivity index (χ1) is 10.2. The Morgan fingerprint density at radius 3 is 2.95 bits per heavy atom. The molecule has 0 spiro atoms. The van der Waals surface area contributed by atoms with Crippen LogP contribution in [0.2, 0.25) is 0 Å². The lowest BCUT2D eigenvalue weighted by molar-refractivity contribution is -0.115. The average Bonchev–Trinajstić information content (AvgIpc) is 2.46. The molecule has 2 aromatic rings. The van der Waals surface area contributed by atoms with Crippen molar-refractivity contribution in [3.8, 4) is 0 Å². The molecule has 0 saturated heterocycles. The van der Waals surface area contributed by atoms with Crippen molar-refractivity contribution in [2.45, 2.75) is 13.5 Å². The zero-order valence-electron chi connectivity index (χ0n) is 12.1. The fraction of sp³-hybridized carbons (Fsp3) is 0.267. The van der Waals surface area contributed by atoms with Crippen LogP contribution in [0.3, 0.4) is 0 Å². The number of hydrogen-bond donors (Lipinski definition) is 2. The van der Waals surface area contributed by atoms with Crippen molar-refractivity contribution in [1.29, 1.82) is 0 Å². The number of aryl methyl sites for hydroxylation is 1. The molecule has 1 aromatic carbocycles. The Morgan fingerprint density at radius 2 is 2.14 bits per heavy atom. The van der Waals surface area contributed by atoms with E-state index in [1.165, 1.54) is 0 Å². The smallest absolute Gasteiger partial charge is 0.243 e. The van der Waals surface area contributed by atoms with Crippen LogP contribution in [-0.4, -0.2) is 29.5 Å². The molecule has 6 nitrogen and oxygen atoms in total. The number of aromatic nitrogens is 2. The van der Waals surface area contributed by atoms with Crippen molar-refractivity contribution in [2.75, 3.05) is 29.1 Å². The summed E-state index contributed by atoms with van der Waals surface area (Å²) >= 11 is 0. The molecule has 0 saturated carbocycles. The van der Waals surface area contributed by atoms with Crippen LogP contribution in [0.1, 0.15) is 11.5 Å². The van der Waals surface area contributed by atoms with Gasteiger partial charge in [-0.2, -0.15) is 0 Å². The third-order valence-corrected chi connectivity index (χ3v) is 3.34. The number of nitrogens with zero attached hydrogens (tertiary/aromatic N) is 3. The van der Waals surface area contributed by atoms with Gasteiger partial charge >= 0.3 is 0 Å². The number of carbonyl (C=O) groups is 1. The second-order valence-electron chi connectivity index (χ2n) is 4.98. The van der Waals surface area contributed by atoms with Gasteiger partial charge in [0.15, 0.2) is 0 Å². The summed E-state index contributed by atoms with van der Waals surface area (Å²) in [6.45, 7) is 2.74. The quantitative estimate of drug-likeness (QED) is 0.898. The molecule has 3 rings (SSSR count). The maximum absolute atomic E-state index is 11.8. The molecule has 21 heavy (non-hydrogen) atoms. The van der Waals surface area contributed by atoms with Crippen LogP contribution in [-0.2, 0) is 11.3 Å². The number of nitrogens with one attached hydrogen (secondary N) is 2. The number of benzene rings is 1. The lowest BCUT2D eigenvalue weighted by Gasteiger charge is -2.30. The van der Waals surface area contributed by atoms with Gasteiger partial charge in [0, 0.05) is 18.8 Å². The minimum absolute atomic E-state index is 0.0183. The maximum atomic E-state index is 11.8. The van der Waals surface area contributed by atoms with Gasteiger partial charge in [-0.05, 0) is 19.1 Å². The topological polar surface area (TPSA) is 70.2 Å². The van der Waals surface area contributed by atoms with Crippen LogP contribution in [0, 0.1) is 6.92 Å². The highest BCUT2D eigenvalue weighted by Gasteiger charge is 2.22. The summed E-state index contributed by atoms with van der Waals surface area (Å²) in [5, 5.41) is 5.90. The molecule has 1 aromatic heterocycles. The zero-order valence-corrected chi connectivity index (χ0v) is 12.1. The summed E-state index contributed by atoms with van der Waals surface area (Å²) in [6, 6.07) is 9.64. The highest BCUT2D eigenvalue weighted by Crippen LogP contribution is 2.29. The Morgan fingerprint density at radius 1 is 1.33 bits per heavy atom. The van der Waals surface area contributed by atoms with Gasteiger partial charge in [0.2, 0.25) is 5.91 Å². The van der Waals surface area contributed by atoms with Crippen LogP contribution in [0.25, 0.3) is 0 Å². The van der Waals surface area contributed by atoms with Gasteiger partial charge < -0.3 is 15.5 Å². The number of rotatable bonds is 3. The van der Waals surface area contributed by atoms with Gasteiger partial charge in [0.1, 0.15) is 11.6 Å². The lowest BCUT2D eigenvalue weighted by atomic mass is 10.2. The highest BCUT2D eigenvalue weighted by molar-refractivity contribution is 6.01. The van der Waals surface area contributed by atoms with E-state index in [-0.39, 0.29) is 5.91 Å². The molecule has 0 bridgehead atoms. The summed E-state index contributed by atoms with van der Waals surface area (Å²) in [6.07, 6.45) is 0. The van der Waals surface area contributed by atoms with E-state index in [9.17, 15) is 4.79 Å². The molecule has 0 aliphatic carbocycles. The van der Waals surface area contributed by atoms with Crippen molar-refractivity contribution < 1.29 is 4.79 Å². The number of hydrogen-bond acceptors (Lipinski definition) is 5. The molecular weight excluding hydrogens is 266 g/mol. The number of anilines is 3. The first kappa shape index (κ1) is 13.4. The van der Waals surface area contributed by atoms with E-state index in [1.54, 1.807) is 0 Å². The number of amides is 1. The van der Waals surface area contributed by atoms with Crippen LogP contribution < -0.4 is 15.5 Å². The summed E-state index contributed by atoms with van der Waals surface area (Å²) < 4.78 is 0. The summed E-state index contributed by atoms with van der Waals surface area (Å²) in [7, 11) is 1.83. The van der Waals surface area contributed by atoms with Gasteiger partial charge in [0.25, 0.3) is 0 Å². The SMILES string of the molecule is CNc1cc(C)nc(CN2CC(=O)Nc3ccccc32)n1. The van der Waals surface area contributed by atoms with E-state index in [1.807, 2.05) is 49.2 Å². The third-order valence-electron chi connectivity index (χ3n) is 3.34. The molecule has 2 heterocycles. The van der Waals surface area contributed by atoms with Gasteiger partial charge in [-0.3, -0.25) is 4.79 Å². The normalized spacial score (nSPS) is 13.6. The van der Waals surface area contributed by atoms with Gasteiger partial charge in [-0.15, -0.1) is 0 Å². The Bertz CT molecular complexity index is 686. The van der Waals surface area contributed by atoms with E-state index in [4.69, 9.17) is 0 Å². The molecular formula is C15H17N5O. The Labute approximate surface area is 123 Å². The minimum atomic E-state index is -0.0183. The number of carbonyl (C=O) groups excluding carboxylic acids is 1. The first-order valence-electron chi connectivity index (χ1n) is 6.82. The fourth-order valence-electron chi connectivity index (χ4n) is 2.44.